The molecule has 1 N–H and O–H groups in total. The van der Waals surface area contributed by atoms with Crippen LogP contribution in [-0.2, 0) is 10.1 Å². The van der Waals surface area contributed by atoms with E-state index in [1.807, 2.05) is 47.4 Å². The number of benzene rings is 2. The van der Waals surface area contributed by atoms with E-state index in [9.17, 15) is 13.2 Å². The lowest BCUT2D eigenvalue weighted by molar-refractivity contribution is 0.0994. The molecule has 3 rings (SSSR count). The van der Waals surface area contributed by atoms with Crippen molar-refractivity contribution in [1.29, 1.82) is 0 Å². The maximum absolute atomic E-state index is 12.8. The summed E-state index contributed by atoms with van der Waals surface area (Å²) >= 11 is 0. The number of carbonyl (C=O) groups is 1. The minimum absolute atomic E-state index is 0.0801. The van der Waals surface area contributed by atoms with Gasteiger partial charge in [0, 0.05) is 13.6 Å². The summed E-state index contributed by atoms with van der Waals surface area (Å²) in [5, 5.41) is 0. The van der Waals surface area contributed by atoms with Crippen molar-refractivity contribution >= 4 is 33.1 Å². The van der Waals surface area contributed by atoms with Gasteiger partial charge in [-0.05, 0) is 37.1 Å². The Hall–Kier alpha value is -2.38. The van der Waals surface area contributed by atoms with E-state index >= 15 is 0 Å². The van der Waals surface area contributed by atoms with Crippen LogP contribution in [0.1, 0.15) is 23.2 Å². The number of hydrogen-bond donors (Lipinski definition) is 1. The monoisotopic (exact) mass is 360 g/mol. The molecule has 1 heterocycles. The molecule has 1 aliphatic heterocycles. The van der Waals surface area contributed by atoms with Crippen LogP contribution < -0.4 is 9.80 Å². The lowest BCUT2D eigenvalue weighted by Crippen LogP contribution is -2.25. The fourth-order valence-electron chi connectivity index (χ4n) is 3.08. The first-order chi connectivity index (χ1) is 11.9. The van der Waals surface area contributed by atoms with Crippen LogP contribution in [0.4, 0.5) is 17.1 Å². The van der Waals surface area contributed by atoms with Crippen molar-refractivity contribution in [2.45, 2.75) is 12.8 Å². The second-order valence-corrected chi connectivity index (χ2v) is 7.59. The van der Waals surface area contributed by atoms with Gasteiger partial charge >= 0.3 is 0 Å². The topological polar surface area (TPSA) is 77.9 Å². The van der Waals surface area contributed by atoms with Crippen LogP contribution in [0.5, 0.6) is 0 Å². The number of hydrogen-bond acceptors (Lipinski definition) is 4. The van der Waals surface area contributed by atoms with Crippen molar-refractivity contribution in [3.63, 3.8) is 0 Å². The molecular formula is C18H20N2O4S. The lowest BCUT2D eigenvalue weighted by Gasteiger charge is -2.26. The van der Waals surface area contributed by atoms with Gasteiger partial charge in [-0.1, -0.05) is 24.3 Å². The molecule has 1 aliphatic rings. The smallest absolute Gasteiger partial charge is 0.264 e. The Kier molecular flexibility index (Phi) is 4.78. The van der Waals surface area contributed by atoms with Crippen molar-refractivity contribution < 1.29 is 17.8 Å². The van der Waals surface area contributed by atoms with Crippen LogP contribution in [0.15, 0.2) is 48.5 Å². The van der Waals surface area contributed by atoms with Gasteiger partial charge in [0.25, 0.3) is 16.0 Å². The zero-order valence-electron chi connectivity index (χ0n) is 13.9. The average Bonchev–Trinajstić information content (AvgIpc) is 2.67. The van der Waals surface area contributed by atoms with Gasteiger partial charge in [-0.2, -0.15) is 8.42 Å². The van der Waals surface area contributed by atoms with Gasteiger partial charge in [-0.15, -0.1) is 0 Å². The zero-order chi connectivity index (χ0) is 18.0. The van der Waals surface area contributed by atoms with Gasteiger partial charge in [0.15, 0.2) is 0 Å². The molecule has 0 unspecified atom stereocenters. The molecule has 0 saturated heterocycles. The van der Waals surface area contributed by atoms with E-state index in [0.29, 0.717) is 24.9 Å². The zero-order valence-corrected chi connectivity index (χ0v) is 14.7. The number of unbranched alkanes of at least 4 members (excludes halogenated alkanes) is 1. The molecule has 2 aromatic carbocycles. The van der Waals surface area contributed by atoms with Gasteiger partial charge in [0.05, 0.1) is 28.4 Å². The molecule has 0 radical (unpaired) electrons. The van der Waals surface area contributed by atoms with Crippen LogP contribution in [0, 0.1) is 0 Å². The molecule has 25 heavy (non-hydrogen) atoms. The Bertz CT molecular complexity index is 895. The summed E-state index contributed by atoms with van der Waals surface area (Å²) in [6.45, 7) is 0.546. The molecule has 0 bridgehead atoms. The minimum atomic E-state index is -3.95. The number of nitrogens with zero attached hydrogens (tertiary/aromatic N) is 2. The van der Waals surface area contributed by atoms with Crippen molar-refractivity contribution in [2.24, 2.45) is 0 Å². The van der Waals surface area contributed by atoms with E-state index < -0.39 is 10.1 Å². The predicted molar refractivity (Wildman–Crippen MR) is 98.3 cm³/mol. The SMILES string of the molecule is CN1C(=O)c2ccccc2N(CCCCS(=O)(=O)O)c2ccccc21. The lowest BCUT2D eigenvalue weighted by atomic mass is 10.1. The van der Waals surface area contributed by atoms with E-state index in [0.717, 1.165) is 17.1 Å². The van der Waals surface area contributed by atoms with Gasteiger partial charge in [0.1, 0.15) is 0 Å². The summed E-state index contributed by atoms with van der Waals surface area (Å²) in [6, 6.07) is 15.0. The van der Waals surface area contributed by atoms with Crippen LogP contribution in [0.3, 0.4) is 0 Å². The van der Waals surface area contributed by atoms with E-state index in [2.05, 4.69) is 0 Å². The van der Waals surface area contributed by atoms with Crippen LogP contribution in [0.2, 0.25) is 0 Å². The van der Waals surface area contributed by atoms with Crippen molar-refractivity contribution in [2.75, 3.05) is 29.1 Å². The van der Waals surface area contributed by atoms with Crippen molar-refractivity contribution in [3.8, 4) is 0 Å². The highest BCUT2D eigenvalue weighted by molar-refractivity contribution is 7.85. The fraction of sp³-hybridized carbons (Fsp3) is 0.278. The molecule has 132 valence electrons. The maximum atomic E-state index is 12.8. The molecule has 0 atom stereocenters. The second kappa shape index (κ2) is 6.85. The Morgan fingerprint density at radius 2 is 1.52 bits per heavy atom. The third-order valence-electron chi connectivity index (χ3n) is 4.30. The fourth-order valence-corrected chi connectivity index (χ4v) is 3.65. The summed E-state index contributed by atoms with van der Waals surface area (Å²) < 4.78 is 30.7. The Morgan fingerprint density at radius 3 is 2.20 bits per heavy atom. The summed E-state index contributed by atoms with van der Waals surface area (Å²) in [5.74, 6) is -0.341. The number of amides is 1. The third-order valence-corrected chi connectivity index (χ3v) is 5.10. The highest BCUT2D eigenvalue weighted by Crippen LogP contribution is 2.39. The number of carbonyl (C=O) groups excluding carboxylic acids is 1. The van der Waals surface area contributed by atoms with Gasteiger partial charge in [-0.25, -0.2) is 0 Å². The summed E-state index contributed by atoms with van der Waals surface area (Å²) in [6.07, 6.45) is 0.920. The van der Waals surface area contributed by atoms with Crippen LogP contribution >= 0.6 is 0 Å². The standard InChI is InChI=1S/C18H20N2O4S/c1-19-16-10-4-5-11-17(16)20(12-6-7-13-25(22,23)24)15-9-3-2-8-14(15)18(19)21/h2-5,8-11H,6-7,12-13H2,1H3,(H,22,23,24). The van der Waals surface area contributed by atoms with Gasteiger partial charge in [-0.3, -0.25) is 9.35 Å². The Morgan fingerprint density at radius 1 is 0.920 bits per heavy atom. The molecule has 7 heteroatoms. The second-order valence-electron chi connectivity index (χ2n) is 6.01. The normalized spacial score (nSPS) is 14.1. The largest absolute Gasteiger partial charge is 0.339 e. The van der Waals surface area contributed by atoms with Crippen LogP contribution in [-0.4, -0.2) is 38.2 Å². The summed E-state index contributed by atoms with van der Waals surface area (Å²) in [5.41, 5.74) is 3.11. The van der Waals surface area contributed by atoms with Gasteiger partial charge < -0.3 is 9.80 Å². The predicted octanol–water partition coefficient (Wildman–Crippen LogP) is 3.08. The molecule has 2 aromatic rings. The van der Waals surface area contributed by atoms with Crippen molar-refractivity contribution in [3.05, 3.63) is 54.1 Å². The van der Waals surface area contributed by atoms with E-state index in [1.54, 1.807) is 18.0 Å². The molecule has 6 nitrogen and oxygen atoms in total. The number of para-hydroxylation sites is 3. The molecule has 1 amide bonds. The quantitative estimate of drug-likeness (QED) is 0.655. The molecule has 0 fully saturated rings. The van der Waals surface area contributed by atoms with E-state index in [-0.39, 0.29) is 11.7 Å². The molecular weight excluding hydrogens is 340 g/mol. The number of rotatable bonds is 5. The number of anilines is 3. The Balaban J connectivity index is 1.97. The third kappa shape index (κ3) is 3.67. The first-order valence-corrected chi connectivity index (χ1v) is 9.68. The van der Waals surface area contributed by atoms with E-state index in [4.69, 9.17) is 4.55 Å². The Labute approximate surface area is 147 Å². The van der Waals surface area contributed by atoms with Gasteiger partial charge in [0.2, 0.25) is 0 Å². The average molecular weight is 360 g/mol. The molecule has 0 saturated carbocycles. The van der Waals surface area contributed by atoms with E-state index in [1.165, 1.54) is 0 Å². The highest BCUT2D eigenvalue weighted by Gasteiger charge is 2.28. The molecule has 0 aliphatic carbocycles. The number of fused-ring (bicyclic) bond motifs is 2. The first kappa shape index (κ1) is 17.4. The molecule has 0 spiro atoms. The highest BCUT2D eigenvalue weighted by atomic mass is 32.2. The van der Waals surface area contributed by atoms with Crippen molar-refractivity contribution in [1.82, 2.24) is 0 Å². The van der Waals surface area contributed by atoms with Crippen LogP contribution in [0.25, 0.3) is 0 Å². The minimum Gasteiger partial charge on any atom is -0.339 e. The summed E-state index contributed by atoms with van der Waals surface area (Å²) in [7, 11) is -2.20. The summed E-state index contributed by atoms with van der Waals surface area (Å²) in [4.78, 5) is 16.5. The molecule has 0 aromatic heterocycles. The first-order valence-electron chi connectivity index (χ1n) is 8.07. The maximum Gasteiger partial charge on any atom is 0.264 e.